The fourth-order valence-corrected chi connectivity index (χ4v) is 7.35. The van der Waals surface area contributed by atoms with E-state index in [0.29, 0.717) is 29.1 Å². The molecular weight excluding hydrogens is 220 g/mol. The van der Waals surface area contributed by atoms with Crippen LogP contribution >= 0.6 is 0 Å². The van der Waals surface area contributed by atoms with Gasteiger partial charge in [-0.05, 0) is 46.8 Å². The van der Waals surface area contributed by atoms with Gasteiger partial charge in [0.05, 0.1) is 11.8 Å². The van der Waals surface area contributed by atoms with Crippen LogP contribution in [0.15, 0.2) is 0 Å². The Morgan fingerprint density at radius 2 is 1.24 bits per heavy atom. The van der Waals surface area contributed by atoms with Crippen LogP contribution in [0.25, 0.3) is 0 Å². The molecule has 6 saturated carbocycles. The van der Waals surface area contributed by atoms with E-state index in [1.54, 1.807) is 0 Å². The summed E-state index contributed by atoms with van der Waals surface area (Å²) in [5.41, 5.74) is 0.424. The van der Waals surface area contributed by atoms with Crippen LogP contribution in [-0.2, 0) is 9.59 Å². The number of fused-ring (bicyclic) bond motifs is 1. The number of hydrogen-bond acceptors (Lipinski definition) is 2. The molecule has 0 radical (unpaired) electrons. The smallest absolute Gasteiger partial charge is 0.307 e. The van der Waals surface area contributed by atoms with Gasteiger partial charge in [0.25, 0.3) is 0 Å². The minimum absolute atomic E-state index is 0.184. The summed E-state index contributed by atoms with van der Waals surface area (Å²) in [5, 5.41) is 18.7. The zero-order valence-electron chi connectivity index (χ0n) is 9.41. The van der Waals surface area contributed by atoms with Gasteiger partial charge in [-0.15, -0.1) is 0 Å². The van der Waals surface area contributed by atoms with E-state index < -0.39 is 23.8 Å². The summed E-state index contributed by atoms with van der Waals surface area (Å²) in [6.45, 7) is 2.30. The first-order valence-corrected chi connectivity index (χ1v) is 6.47. The molecule has 0 aromatic rings. The molecular formula is C13H14O4. The van der Waals surface area contributed by atoms with Gasteiger partial charge in [-0.2, -0.15) is 0 Å². The molecule has 10 atom stereocenters. The molecule has 2 N–H and O–H groups in total. The van der Waals surface area contributed by atoms with Crippen molar-refractivity contribution in [1.82, 2.24) is 0 Å². The van der Waals surface area contributed by atoms with E-state index >= 15 is 0 Å². The number of rotatable bonds is 2. The van der Waals surface area contributed by atoms with Crippen LogP contribution in [0.5, 0.6) is 0 Å². The van der Waals surface area contributed by atoms with Gasteiger partial charge in [0.2, 0.25) is 0 Å². The predicted molar refractivity (Wildman–Crippen MR) is 54.8 cm³/mol. The molecule has 0 aliphatic heterocycles. The maximum atomic E-state index is 11.4. The zero-order chi connectivity index (χ0) is 11.9. The Morgan fingerprint density at radius 3 is 1.71 bits per heavy atom. The van der Waals surface area contributed by atoms with Gasteiger partial charge in [-0.25, -0.2) is 0 Å². The summed E-state index contributed by atoms with van der Waals surface area (Å²) in [5.74, 6) is 0.418. The summed E-state index contributed by atoms with van der Waals surface area (Å²) < 4.78 is 0. The summed E-state index contributed by atoms with van der Waals surface area (Å²) in [6.07, 6.45) is 0. The summed E-state index contributed by atoms with van der Waals surface area (Å²) in [7, 11) is 0. The summed E-state index contributed by atoms with van der Waals surface area (Å²) in [4.78, 5) is 22.8. The van der Waals surface area contributed by atoms with Crippen molar-refractivity contribution in [1.29, 1.82) is 0 Å². The molecule has 17 heavy (non-hydrogen) atoms. The first kappa shape index (κ1) is 8.95. The minimum Gasteiger partial charge on any atom is -0.481 e. The van der Waals surface area contributed by atoms with Gasteiger partial charge in [-0.1, -0.05) is 6.92 Å². The highest BCUT2D eigenvalue weighted by Crippen LogP contribution is 2.98. The highest BCUT2D eigenvalue weighted by Gasteiger charge is 2.96. The van der Waals surface area contributed by atoms with Crippen molar-refractivity contribution in [3.05, 3.63) is 0 Å². The summed E-state index contributed by atoms with van der Waals surface area (Å²) in [6, 6.07) is 0. The largest absolute Gasteiger partial charge is 0.481 e. The van der Waals surface area contributed by atoms with Gasteiger partial charge in [0.15, 0.2) is 0 Å². The Hall–Kier alpha value is -1.06. The van der Waals surface area contributed by atoms with Crippen molar-refractivity contribution in [3.8, 4) is 0 Å². The van der Waals surface area contributed by atoms with Crippen LogP contribution in [0.4, 0.5) is 0 Å². The molecule has 6 aliphatic rings. The van der Waals surface area contributed by atoms with Crippen molar-refractivity contribution in [3.63, 3.8) is 0 Å². The maximum Gasteiger partial charge on any atom is 0.307 e. The molecule has 6 rings (SSSR count). The molecule has 0 aromatic carbocycles. The Morgan fingerprint density at radius 1 is 0.824 bits per heavy atom. The van der Waals surface area contributed by atoms with Crippen LogP contribution < -0.4 is 0 Å². The standard InChI is InChI=1S/C13H14O4/c1-13-8-5-2-3(11(14)15)4(12(16)17)7(9(5)13)10(13)6(2)8/h2-10H,1H3,(H,14,15)(H,16,17)/t2?,3-,4-,5-,6-,7?,8?,9-,10+,13?/m1/s1. The highest BCUT2D eigenvalue weighted by atomic mass is 16.4. The second kappa shape index (κ2) is 2.02. The van der Waals surface area contributed by atoms with E-state index in [2.05, 4.69) is 6.92 Å². The normalized spacial score (nSPS) is 71.2. The monoisotopic (exact) mass is 234 g/mol. The van der Waals surface area contributed by atoms with Gasteiger partial charge in [-0.3, -0.25) is 9.59 Å². The van der Waals surface area contributed by atoms with Gasteiger partial charge in [0.1, 0.15) is 0 Å². The first-order chi connectivity index (χ1) is 8.01. The molecule has 0 amide bonds. The molecule has 0 aromatic heterocycles. The van der Waals surface area contributed by atoms with Crippen molar-refractivity contribution in [2.24, 2.45) is 58.7 Å². The lowest BCUT2D eigenvalue weighted by Crippen LogP contribution is -2.97. The van der Waals surface area contributed by atoms with Crippen molar-refractivity contribution < 1.29 is 19.8 Å². The zero-order valence-corrected chi connectivity index (χ0v) is 9.41. The maximum absolute atomic E-state index is 11.4. The van der Waals surface area contributed by atoms with Crippen LogP contribution in [0.2, 0.25) is 0 Å². The third-order valence-corrected chi connectivity index (χ3v) is 7.32. The van der Waals surface area contributed by atoms with Crippen LogP contribution in [0.3, 0.4) is 0 Å². The molecule has 6 aliphatic carbocycles. The quantitative estimate of drug-likeness (QED) is 0.740. The molecule has 90 valence electrons. The minimum atomic E-state index is -0.873. The number of carboxylic acids is 2. The average molecular weight is 234 g/mol. The molecule has 0 saturated heterocycles. The van der Waals surface area contributed by atoms with E-state index in [0.717, 1.165) is 5.92 Å². The van der Waals surface area contributed by atoms with Crippen LogP contribution in [-0.4, -0.2) is 22.2 Å². The molecule has 2 bridgehead atoms. The van der Waals surface area contributed by atoms with Crippen molar-refractivity contribution in [2.75, 3.05) is 0 Å². The number of carbonyl (C=O) groups is 2. The van der Waals surface area contributed by atoms with E-state index in [9.17, 15) is 19.8 Å². The van der Waals surface area contributed by atoms with Gasteiger partial charge in [0, 0.05) is 0 Å². The molecule has 6 fully saturated rings. The number of aliphatic carboxylic acids is 2. The second-order valence-electron chi connectivity index (χ2n) is 6.98. The molecule has 4 nitrogen and oxygen atoms in total. The lowest BCUT2D eigenvalue weighted by Gasteiger charge is -2.99. The second-order valence-corrected chi connectivity index (χ2v) is 6.98. The van der Waals surface area contributed by atoms with Gasteiger partial charge < -0.3 is 10.2 Å². The lowest BCUT2D eigenvalue weighted by molar-refractivity contribution is -0.526. The molecule has 0 heterocycles. The SMILES string of the molecule is CC12C3[C@H]4C5[C@H]3[C@@H]1C([C@H]42)[C@H](C(=O)O)[C@@H]5C(=O)O. The highest BCUT2D eigenvalue weighted by molar-refractivity contribution is 5.83. The number of hydrogen-bond donors (Lipinski definition) is 2. The summed E-state index contributed by atoms with van der Waals surface area (Å²) >= 11 is 0. The third kappa shape index (κ3) is 0.526. The Labute approximate surface area is 98.0 Å². The van der Waals surface area contributed by atoms with Crippen molar-refractivity contribution >= 4 is 11.9 Å². The number of carboxylic acid groups (broad SMARTS) is 2. The van der Waals surface area contributed by atoms with E-state index in [1.165, 1.54) is 0 Å². The molecule has 4 heteroatoms. The lowest BCUT2D eigenvalue weighted by atomic mass is 9.04. The Balaban J connectivity index is 1.63. The molecule has 0 spiro atoms. The Bertz CT molecular complexity index is 478. The van der Waals surface area contributed by atoms with E-state index in [4.69, 9.17) is 0 Å². The van der Waals surface area contributed by atoms with E-state index in [-0.39, 0.29) is 11.8 Å². The third-order valence-electron chi connectivity index (χ3n) is 7.32. The van der Waals surface area contributed by atoms with Crippen molar-refractivity contribution in [2.45, 2.75) is 6.92 Å². The van der Waals surface area contributed by atoms with Crippen LogP contribution in [0.1, 0.15) is 6.92 Å². The van der Waals surface area contributed by atoms with Gasteiger partial charge >= 0.3 is 11.9 Å². The fourth-order valence-electron chi connectivity index (χ4n) is 7.35. The fraction of sp³-hybridized carbons (Fsp3) is 0.846. The van der Waals surface area contributed by atoms with E-state index in [1.807, 2.05) is 0 Å². The molecule has 4 unspecified atom stereocenters. The Kier molecular flexibility index (Phi) is 1.06. The first-order valence-electron chi connectivity index (χ1n) is 6.47. The topological polar surface area (TPSA) is 74.6 Å². The average Bonchev–Trinajstić information content (AvgIpc) is 2.24. The predicted octanol–water partition coefficient (Wildman–Crippen LogP) is 0.776. The van der Waals surface area contributed by atoms with Crippen LogP contribution in [0, 0.1) is 58.7 Å².